The molecule has 2 rings (SSSR count). The fourth-order valence-electron chi connectivity index (χ4n) is 2.20. The minimum absolute atomic E-state index is 0.605. The molecule has 1 fully saturated rings. The van der Waals surface area contributed by atoms with Crippen molar-refractivity contribution < 1.29 is 4.74 Å². The standard InChI is InChI=1S/C13H20N2O/c1-3-10-16-13-12(7-4-8-14-13)15-9-5-6-11(15)2/h4,7-8,11H,3,5-6,9-10H2,1-2H3. The fourth-order valence-corrected chi connectivity index (χ4v) is 2.20. The maximum atomic E-state index is 5.69. The van der Waals surface area contributed by atoms with E-state index in [9.17, 15) is 0 Å². The van der Waals surface area contributed by atoms with E-state index < -0.39 is 0 Å². The second-order valence-electron chi connectivity index (χ2n) is 4.36. The van der Waals surface area contributed by atoms with Crippen molar-refractivity contribution in [3.05, 3.63) is 18.3 Å². The Labute approximate surface area is 97.4 Å². The van der Waals surface area contributed by atoms with Gasteiger partial charge in [0.05, 0.1) is 6.61 Å². The second kappa shape index (κ2) is 5.19. The summed E-state index contributed by atoms with van der Waals surface area (Å²) in [5.41, 5.74) is 1.15. The molecular formula is C13H20N2O. The van der Waals surface area contributed by atoms with Crippen molar-refractivity contribution in [1.82, 2.24) is 4.98 Å². The highest BCUT2D eigenvalue weighted by molar-refractivity contribution is 5.56. The summed E-state index contributed by atoms with van der Waals surface area (Å²) in [6.45, 7) is 6.24. The molecule has 3 nitrogen and oxygen atoms in total. The fraction of sp³-hybridized carbons (Fsp3) is 0.615. The lowest BCUT2D eigenvalue weighted by atomic mass is 10.2. The first-order valence-corrected chi connectivity index (χ1v) is 6.17. The molecule has 1 unspecified atom stereocenters. The highest BCUT2D eigenvalue weighted by atomic mass is 16.5. The van der Waals surface area contributed by atoms with Gasteiger partial charge < -0.3 is 9.64 Å². The summed E-state index contributed by atoms with van der Waals surface area (Å²) < 4.78 is 5.69. The number of nitrogens with zero attached hydrogens (tertiary/aromatic N) is 2. The average Bonchev–Trinajstić information content (AvgIpc) is 2.73. The molecule has 0 spiro atoms. The molecule has 1 aromatic heterocycles. The van der Waals surface area contributed by atoms with Gasteiger partial charge in [0.25, 0.3) is 0 Å². The van der Waals surface area contributed by atoms with Crippen LogP contribution in [0.4, 0.5) is 5.69 Å². The van der Waals surface area contributed by atoms with Gasteiger partial charge in [-0.1, -0.05) is 6.92 Å². The van der Waals surface area contributed by atoms with Gasteiger partial charge in [-0.05, 0) is 38.3 Å². The number of aromatic nitrogens is 1. The Morgan fingerprint density at radius 3 is 3.12 bits per heavy atom. The van der Waals surface area contributed by atoms with Gasteiger partial charge in [-0.2, -0.15) is 0 Å². The lowest BCUT2D eigenvalue weighted by molar-refractivity contribution is 0.305. The van der Waals surface area contributed by atoms with E-state index >= 15 is 0 Å². The van der Waals surface area contributed by atoms with Crippen LogP contribution in [-0.4, -0.2) is 24.2 Å². The van der Waals surface area contributed by atoms with Crippen LogP contribution in [0.1, 0.15) is 33.1 Å². The molecule has 1 saturated heterocycles. The van der Waals surface area contributed by atoms with E-state index in [0.29, 0.717) is 6.04 Å². The summed E-state index contributed by atoms with van der Waals surface area (Å²) in [7, 11) is 0. The molecule has 3 heteroatoms. The monoisotopic (exact) mass is 220 g/mol. The Morgan fingerprint density at radius 2 is 2.44 bits per heavy atom. The molecule has 2 heterocycles. The van der Waals surface area contributed by atoms with E-state index in [4.69, 9.17) is 4.74 Å². The van der Waals surface area contributed by atoms with Gasteiger partial charge in [0.1, 0.15) is 5.69 Å². The van der Waals surface area contributed by atoms with E-state index in [1.807, 2.05) is 6.07 Å². The molecule has 88 valence electrons. The largest absolute Gasteiger partial charge is 0.476 e. The van der Waals surface area contributed by atoms with Crippen LogP contribution in [0.3, 0.4) is 0 Å². The van der Waals surface area contributed by atoms with Crippen molar-refractivity contribution in [1.29, 1.82) is 0 Å². The minimum atomic E-state index is 0.605. The maximum Gasteiger partial charge on any atom is 0.237 e. The number of hydrogen-bond acceptors (Lipinski definition) is 3. The van der Waals surface area contributed by atoms with Crippen LogP contribution in [0.2, 0.25) is 0 Å². The molecule has 1 atom stereocenters. The molecule has 0 amide bonds. The summed E-state index contributed by atoms with van der Waals surface area (Å²) in [6, 6.07) is 4.70. The van der Waals surface area contributed by atoms with E-state index in [0.717, 1.165) is 31.1 Å². The van der Waals surface area contributed by atoms with Crippen LogP contribution in [-0.2, 0) is 0 Å². The topological polar surface area (TPSA) is 25.4 Å². The van der Waals surface area contributed by atoms with E-state index in [1.165, 1.54) is 12.8 Å². The maximum absolute atomic E-state index is 5.69. The van der Waals surface area contributed by atoms with Gasteiger partial charge in [-0.3, -0.25) is 0 Å². The Kier molecular flexibility index (Phi) is 3.65. The Morgan fingerprint density at radius 1 is 1.56 bits per heavy atom. The van der Waals surface area contributed by atoms with Crippen molar-refractivity contribution in [2.45, 2.75) is 39.2 Å². The van der Waals surface area contributed by atoms with Gasteiger partial charge in [-0.15, -0.1) is 0 Å². The molecule has 0 radical (unpaired) electrons. The highest BCUT2D eigenvalue weighted by Crippen LogP contribution is 2.31. The van der Waals surface area contributed by atoms with Gasteiger partial charge in [0, 0.05) is 18.8 Å². The number of ether oxygens (including phenoxy) is 1. The molecular weight excluding hydrogens is 200 g/mol. The molecule has 1 aromatic rings. The minimum Gasteiger partial charge on any atom is -0.476 e. The van der Waals surface area contributed by atoms with Crippen LogP contribution in [0.5, 0.6) is 5.88 Å². The summed E-state index contributed by atoms with van der Waals surface area (Å²) in [6.07, 6.45) is 5.35. The first-order valence-electron chi connectivity index (χ1n) is 6.17. The second-order valence-corrected chi connectivity index (χ2v) is 4.36. The van der Waals surface area contributed by atoms with Gasteiger partial charge >= 0.3 is 0 Å². The van der Waals surface area contributed by atoms with Crippen molar-refractivity contribution in [3.63, 3.8) is 0 Å². The van der Waals surface area contributed by atoms with Crippen molar-refractivity contribution in [3.8, 4) is 5.88 Å². The average molecular weight is 220 g/mol. The van der Waals surface area contributed by atoms with E-state index in [1.54, 1.807) is 6.20 Å². The third kappa shape index (κ3) is 2.29. The van der Waals surface area contributed by atoms with E-state index in [2.05, 4.69) is 29.8 Å². The summed E-state index contributed by atoms with van der Waals surface area (Å²) >= 11 is 0. The highest BCUT2D eigenvalue weighted by Gasteiger charge is 2.23. The lowest BCUT2D eigenvalue weighted by Crippen LogP contribution is -2.27. The van der Waals surface area contributed by atoms with Crippen molar-refractivity contribution >= 4 is 5.69 Å². The lowest BCUT2D eigenvalue weighted by Gasteiger charge is -2.25. The SMILES string of the molecule is CCCOc1ncccc1N1CCCC1C. The van der Waals surface area contributed by atoms with Crippen LogP contribution in [0.15, 0.2) is 18.3 Å². The number of rotatable bonds is 4. The third-order valence-electron chi connectivity index (χ3n) is 3.06. The number of hydrogen-bond donors (Lipinski definition) is 0. The molecule has 16 heavy (non-hydrogen) atoms. The normalized spacial score (nSPS) is 20.1. The summed E-state index contributed by atoms with van der Waals surface area (Å²) in [4.78, 5) is 6.73. The molecule has 0 bridgehead atoms. The number of anilines is 1. The van der Waals surface area contributed by atoms with Crippen molar-refractivity contribution in [2.24, 2.45) is 0 Å². The Hall–Kier alpha value is -1.25. The zero-order valence-electron chi connectivity index (χ0n) is 10.1. The first kappa shape index (κ1) is 11.2. The third-order valence-corrected chi connectivity index (χ3v) is 3.06. The number of pyridine rings is 1. The van der Waals surface area contributed by atoms with Gasteiger partial charge in [0.15, 0.2) is 0 Å². The summed E-state index contributed by atoms with van der Waals surface area (Å²) in [5, 5.41) is 0. The zero-order valence-corrected chi connectivity index (χ0v) is 10.1. The van der Waals surface area contributed by atoms with Gasteiger partial charge in [0.2, 0.25) is 5.88 Å². The quantitative estimate of drug-likeness (QED) is 0.780. The van der Waals surface area contributed by atoms with Crippen LogP contribution in [0, 0.1) is 0 Å². The first-order chi connectivity index (χ1) is 7.83. The van der Waals surface area contributed by atoms with E-state index in [-0.39, 0.29) is 0 Å². The van der Waals surface area contributed by atoms with Gasteiger partial charge in [-0.25, -0.2) is 4.98 Å². The van der Waals surface area contributed by atoms with Crippen LogP contribution >= 0.6 is 0 Å². The van der Waals surface area contributed by atoms with Crippen molar-refractivity contribution in [2.75, 3.05) is 18.1 Å². The van der Waals surface area contributed by atoms with Crippen LogP contribution in [0.25, 0.3) is 0 Å². The molecule has 1 aliphatic rings. The van der Waals surface area contributed by atoms with Crippen LogP contribution < -0.4 is 9.64 Å². The predicted molar refractivity (Wildman–Crippen MR) is 66.1 cm³/mol. The molecule has 0 aromatic carbocycles. The molecule has 0 aliphatic carbocycles. The molecule has 1 aliphatic heterocycles. The molecule has 0 N–H and O–H groups in total. The summed E-state index contributed by atoms with van der Waals surface area (Å²) in [5.74, 6) is 0.790. The predicted octanol–water partition coefficient (Wildman–Crippen LogP) is 2.86. The Bertz CT molecular complexity index is 340. The molecule has 0 saturated carbocycles. The zero-order chi connectivity index (χ0) is 11.4. The smallest absolute Gasteiger partial charge is 0.237 e. The Balaban J connectivity index is 2.18.